The molecule has 0 amide bonds. The van der Waals surface area contributed by atoms with Gasteiger partial charge in [0.15, 0.2) is 0 Å². The molecule has 3 nitrogen and oxygen atoms in total. The lowest BCUT2D eigenvalue weighted by atomic mass is 10.1. The normalized spacial score (nSPS) is 12.1. The summed E-state index contributed by atoms with van der Waals surface area (Å²) in [7, 11) is 0. The summed E-state index contributed by atoms with van der Waals surface area (Å²) in [6.07, 6.45) is 8.34. The van der Waals surface area contributed by atoms with E-state index < -0.39 is 0 Å². The summed E-state index contributed by atoms with van der Waals surface area (Å²) in [5.74, 6) is 0. The van der Waals surface area contributed by atoms with Crippen LogP contribution in [0.15, 0.2) is 18.1 Å². The van der Waals surface area contributed by atoms with E-state index in [1.54, 1.807) is 0 Å². The van der Waals surface area contributed by atoms with Crippen molar-refractivity contribution >= 4 is 6.08 Å². The van der Waals surface area contributed by atoms with Crippen LogP contribution in [0, 0.1) is 0 Å². The van der Waals surface area contributed by atoms with Crippen LogP contribution in [0.3, 0.4) is 0 Å². The fraction of sp³-hybridized carbons (Fsp3) is 0.615. The van der Waals surface area contributed by atoms with Crippen molar-refractivity contribution in [3.05, 3.63) is 23.8 Å². The first kappa shape index (κ1) is 13.0. The zero-order valence-electron chi connectivity index (χ0n) is 10.7. The predicted octanol–water partition coefficient (Wildman–Crippen LogP) is 2.70. The molecule has 1 N–H and O–H groups in total. The van der Waals surface area contributed by atoms with E-state index >= 15 is 0 Å². The number of aryl methyl sites for hydroxylation is 1. The van der Waals surface area contributed by atoms with E-state index in [0.29, 0.717) is 0 Å². The average Bonchev–Trinajstić information content (AvgIpc) is 2.72. The second kappa shape index (κ2) is 7.23. The lowest BCUT2D eigenvalue weighted by Crippen LogP contribution is -2.15. The maximum atomic E-state index is 4.21. The summed E-state index contributed by atoms with van der Waals surface area (Å²) < 4.78 is 2.21. The fourth-order valence-corrected chi connectivity index (χ4v) is 1.65. The van der Waals surface area contributed by atoms with Crippen LogP contribution in [0.1, 0.15) is 39.3 Å². The van der Waals surface area contributed by atoms with E-state index in [-0.39, 0.29) is 0 Å². The minimum Gasteiger partial charge on any atom is -0.331 e. The Morgan fingerprint density at radius 2 is 2.25 bits per heavy atom. The predicted molar refractivity (Wildman–Crippen MR) is 69.3 cm³/mol. The zero-order chi connectivity index (χ0) is 11.8. The molecule has 1 rings (SSSR count). The SMILES string of the molecule is CCCn1cncc1C=C(CC)CNCC. The summed E-state index contributed by atoms with van der Waals surface area (Å²) in [5, 5.41) is 3.37. The Kier molecular flexibility index (Phi) is 5.86. The highest BCUT2D eigenvalue weighted by atomic mass is 15.0. The zero-order valence-corrected chi connectivity index (χ0v) is 10.7. The van der Waals surface area contributed by atoms with Gasteiger partial charge in [0.25, 0.3) is 0 Å². The summed E-state index contributed by atoms with van der Waals surface area (Å²) in [6, 6.07) is 0. The van der Waals surface area contributed by atoms with Crippen molar-refractivity contribution < 1.29 is 0 Å². The van der Waals surface area contributed by atoms with Gasteiger partial charge in [-0.15, -0.1) is 0 Å². The molecule has 0 aliphatic carbocycles. The molecule has 0 radical (unpaired) electrons. The molecule has 0 unspecified atom stereocenters. The molecule has 1 heterocycles. The van der Waals surface area contributed by atoms with Crippen LogP contribution in [0.4, 0.5) is 0 Å². The maximum Gasteiger partial charge on any atom is 0.0950 e. The van der Waals surface area contributed by atoms with Gasteiger partial charge in [0.05, 0.1) is 18.2 Å². The molecule has 0 aliphatic heterocycles. The molecule has 0 aliphatic rings. The van der Waals surface area contributed by atoms with E-state index in [4.69, 9.17) is 0 Å². The summed E-state index contributed by atoms with van der Waals surface area (Å²) in [6.45, 7) is 9.56. The first-order valence-electron chi connectivity index (χ1n) is 6.22. The van der Waals surface area contributed by atoms with E-state index in [9.17, 15) is 0 Å². The molecule has 0 bridgehead atoms. The van der Waals surface area contributed by atoms with Gasteiger partial charge in [0.2, 0.25) is 0 Å². The molecule has 1 aromatic heterocycles. The van der Waals surface area contributed by atoms with E-state index in [0.717, 1.165) is 32.5 Å². The van der Waals surface area contributed by atoms with E-state index in [1.807, 2.05) is 12.5 Å². The van der Waals surface area contributed by atoms with Gasteiger partial charge < -0.3 is 9.88 Å². The Morgan fingerprint density at radius 1 is 1.44 bits per heavy atom. The smallest absolute Gasteiger partial charge is 0.0950 e. The number of likely N-dealkylation sites (N-methyl/N-ethyl adjacent to an activating group) is 1. The van der Waals surface area contributed by atoms with Crippen LogP contribution in [0.5, 0.6) is 0 Å². The second-order valence-electron chi connectivity index (χ2n) is 3.95. The van der Waals surface area contributed by atoms with Crippen molar-refractivity contribution in [2.75, 3.05) is 13.1 Å². The summed E-state index contributed by atoms with van der Waals surface area (Å²) in [4.78, 5) is 4.21. The minimum absolute atomic E-state index is 0.976. The number of nitrogens with zero attached hydrogens (tertiary/aromatic N) is 2. The number of imidazole rings is 1. The quantitative estimate of drug-likeness (QED) is 0.767. The Balaban J connectivity index is 2.73. The van der Waals surface area contributed by atoms with Gasteiger partial charge in [-0.05, 0) is 25.5 Å². The average molecular weight is 221 g/mol. The van der Waals surface area contributed by atoms with Crippen molar-refractivity contribution in [1.29, 1.82) is 0 Å². The first-order chi connectivity index (χ1) is 7.81. The standard InChI is InChI=1S/C13H23N3/c1-4-7-16-11-15-10-13(16)8-12(5-2)9-14-6-3/h8,10-11,14H,4-7,9H2,1-3H3. The Hall–Kier alpha value is -1.09. The molecule has 3 heteroatoms. The minimum atomic E-state index is 0.976. The van der Waals surface area contributed by atoms with Gasteiger partial charge in [0, 0.05) is 13.1 Å². The van der Waals surface area contributed by atoms with E-state index in [2.05, 4.69) is 41.7 Å². The topological polar surface area (TPSA) is 29.9 Å². The van der Waals surface area contributed by atoms with Crippen LogP contribution in [0.2, 0.25) is 0 Å². The van der Waals surface area contributed by atoms with Gasteiger partial charge in [-0.3, -0.25) is 0 Å². The van der Waals surface area contributed by atoms with Gasteiger partial charge in [0.1, 0.15) is 0 Å². The maximum absolute atomic E-state index is 4.21. The second-order valence-corrected chi connectivity index (χ2v) is 3.95. The molecule has 1 aromatic rings. The lowest BCUT2D eigenvalue weighted by Gasteiger charge is -2.07. The molecule has 0 fully saturated rings. The molecular formula is C13H23N3. The number of hydrogen-bond acceptors (Lipinski definition) is 2. The van der Waals surface area contributed by atoms with Crippen molar-refractivity contribution in [2.45, 2.75) is 40.2 Å². The van der Waals surface area contributed by atoms with Gasteiger partial charge in [-0.1, -0.05) is 26.3 Å². The van der Waals surface area contributed by atoms with Crippen molar-refractivity contribution in [3.8, 4) is 0 Å². The first-order valence-corrected chi connectivity index (χ1v) is 6.22. The van der Waals surface area contributed by atoms with Crippen molar-refractivity contribution in [2.24, 2.45) is 0 Å². The highest BCUT2D eigenvalue weighted by Crippen LogP contribution is 2.09. The molecule has 0 aromatic carbocycles. The lowest BCUT2D eigenvalue weighted by molar-refractivity contribution is 0.672. The Labute approximate surface area is 98.6 Å². The molecule has 0 saturated heterocycles. The number of hydrogen-bond donors (Lipinski definition) is 1. The molecule has 0 atom stereocenters. The molecule has 0 saturated carbocycles. The number of rotatable bonds is 7. The third-order valence-corrected chi connectivity index (χ3v) is 2.62. The van der Waals surface area contributed by atoms with E-state index in [1.165, 1.54) is 11.3 Å². The Bertz CT molecular complexity index is 326. The summed E-state index contributed by atoms with van der Waals surface area (Å²) >= 11 is 0. The number of nitrogens with one attached hydrogen (secondary N) is 1. The van der Waals surface area contributed by atoms with Crippen LogP contribution < -0.4 is 5.32 Å². The van der Waals surface area contributed by atoms with Crippen molar-refractivity contribution in [3.63, 3.8) is 0 Å². The third-order valence-electron chi connectivity index (χ3n) is 2.62. The Morgan fingerprint density at radius 3 is 2.88 bits per heavy atom. The van der Waals surface area contributed by atoms with Crippen LogP contribution >= 0.6 is 0 Å². The van der Waals surface area contributed by atoms with Gasteiger partial charge in [-0.25, -0.2) is 4.98 Å². The largest absolute Gasteiger partial charge is 0.331 e. The van der Waals surface area contributed by atoms with Crippen LogP contribution in [-0.4, -0.2) is 22.6 Å². The van der Waals surface area contributed by atoms with Crippen LogP contribution in [0.25, 0.3) is 6.08 Å². The van der Waals surface area contributed by atoms with Crippen LogP contribution in [-0.2, 0) is 6.54 Å². The third kappa shape index (κ3) is 3.81. The molecule has 16 heavy (non-hydrogen) atoms. The summed E-state index contributed by atoms with van der Waals surface area (Å²) in [5.41, 5.74) is 2.65. The monoisotopic (exact) mass is 221 g/mol. The van der Waals surface area contributed by atoms with Gasteiger partial charge >= 0.3 is 0 Å². The number of aromatic nitrogens is 2. The van der Waals surface area contributed by atoms with Crippen molar-refractivity contribution in [1.82, 2.24) is 14.9 Å². The fourth-order valence-electron chi connectivity index (χ4n) is 1.65. The molecular weight excluding hydrogens is 198 g/mol. The highest BCUT2D eigenvalue weighted by molar-refractivity contribution is 5.49. The van der Waals surface area contributed by atoms with Gasteiger partial charge in [-0.2, -0.15) is 0 Å². The molecule has 90 valence electrons. The highest BCUT2D eigenvalue weighted by Gasteiger charge is 2.00. The molecule has 0 spiro atoms.